The largest absolute Gasteiger partial charge is 0.312 e. The number of aromatic nitrogens is 2. The molecule has 0 fully saturated rings. The van der Waals surface area contributed by atoms with Crippen LogP contribution < -0.4 is 5.32 Å². The number of ketones is 1. The monoisotopic (exact) mass is 410 g/mol. The lowest BCUT2D eigenvalue weighted by Gasteiger charge is -2.46. The van der Waals surface area contributed by atoms with Crippen molar-refractivity contribution in [2.24, 2.45) is 11.8 Å². The van der Waals surface area contributed by atoms with E-state index >= 15 is 0 Å². The van der Waals surface area contributed by atoms with Crippen LogP contribution in [0.25, 0.3) is 21.7 Å². The van der Waals surface area contributed by atoms with Crippen molar-refractivity contribution in [1.29, 1.82) is 0 Å². The molecule has 1 aliphatic heterocycles. The van der Waals surface area contributed by atoms with Crippen LogP contribution in [0.15, 0.2) is 48.2 Å². The van der Waals surface area contributed by atoms with Gasteiger partial charge in [0.1, 0.15) is 0 Å². The van der Waals surface area contributed by atoms with Crippen LogP contribution in [0.3, 0.4) is 0 Å². The lowest BCUT2D eigenvalue weighted by molar-refractivity contribution is -0.121. The quantitative estimate of drug-likeness (QED) is 0.748. The number of Topliss-reactive ketones (excluding diaryl/α,β-unsaturated/α-hetero) is 1. The second kappa shape index (κ2) is 7.55. The van der Waals surface area contributed by atoms with E-state index in [0.717, 1.165) is 66.3 Å². The first-order chi connectivity index (χ1) is 15.0. The van der Waals surface area contributed by atoms with Gasteiger partial charge < -0.3 is 10.1 Å². The van der Waals surface area contributed by atoms with E-state index in [0.29, 0.717) is 0 Å². The zero-order valence-electron chi connectivity index (χ0n) is 18.0. The molecule has 156 valence electrons. The van der Waals surface area contributed by atoms with Gasteiger partial charge in [0, 0.05) is 34.6 Å². The molecule has 3 aliphatic rings. The molecule has 0 saturated carbocycles. The molecule has 0 saturated heterocycles. The standard InChI is InChI=1S/C26H26N4O/c1-16-20-12-11-19-22(17-8-5-4-6-9-17)29-25(18-10-7-13-28-15-18)30-24(19)26(20,2)14-21(27-3)23(16)31/h4-6,8-10,14,16,20,28H,7,11-13,15H2,1-2H3/t16-,20-,26-/m1/s1. The third-order valence-corrected chi connectivity index (χ3v) is 7.18. The zero-order chi connectivity index (χ0) is 21.6. The number of nitrogens with one attached hydrogen (secondary N) is 1. The second-order valence-corrected chi connectivity index (χ2v) is 9.01. The number of rotatable bonds is 2. The van der Waals surface area contributed by atoms with Crippen molar-refractivity contribution in [2.75, 3.05) is 13.1 Å². The van der Waals surface area contributed by atoms with Crippen LogP contribution >= 0.6 is 0 Å². The van der Waals surface area contributed by atoms with Gasteiger partial charge in [-0.3, -0.25) is 0 Å². The maximum Gasteiger partial charge on any atom is 0.226 e. The zero-order valence-corrected chi connectivity index (χ0v) is 18.0. The smallest absolute Gasteiger partial charge is 0.226 e. The Labute approximate surface area is 183 Å². The van der Waals surface area contributed by atoms with Gasteiger partial charge in [-0.2, -0.15) is 0 Å². The van der Waals surface area contributed by atoms with Crippen LogP contribution in [-0.2, 0) is 16.6 Å². The summed E-state index contributed by atoms with van der Waals surface area (Å²) in [4.78, 5) is 26.5. The third-order valence-electron chi connectivity index (χ3n) is 7.18. The van der Waals surface area contributed by atoms with Crippen molar-refractivity contribution in [3.8, 4) is 11.3 Å². The fraction of sp³-hybridized carbons (Fsp3) is 0.385. The molecule has 2 heterocycles. The topological polar surface area (TPSA) is 59.2 Å². The predicted molar refractivity (Wildman–Crippen MR) is 121 cm³/mol. The minimum Gasteiger partial charge on any atom is -0.312 e. The summed E-state index contributed by atoms with van der Waals surface area (Å²) >= 11 is 0. The summed E-state index contributed by atoms with van der Waals surface area (Å²) in [6.07, 6.45) is 6.82. The molecule has 0 radical (unpaired) electrons. The van der Waals surface area contributed by atoms with E-state index in [1.165, 1.54) is 0 Å². The molecule has 5 heteroatoms. The van der Waals surface area contributed by atoms with Crippen LogP contribution in [0.4, 0.5) is 0 Å². The van der Waals surface area contributed by atoms with Gasteiger partial charge in [0.2, 0.25) is 5.70 Å². The maximum atomic E-state index is 12.7. The third kappa shape index (κ3) is 3.14. The van der Waals surface area contributed by atoms with Gasteiger partial charge in [-0.25, -0.2) is 14.8 Å². The molecule has 5 nitrogen and oxygen atoms in total. The Morgan fingerprint density at radius 3 is 2.74 bits per heavy atom. The van der Waals surface area contributed by atoms with Crippen LogP contribution in [0.2, 0.25) is 0 Å². The van der Waals surface area contributed by atoms with Crippen LogP contribution in [-0.4, -0.2) is 28.8 Å². The highest BCUT2D eigenvalue weighted by atomic mass is 16.1. The molecule has 1 aromatic heterocycles. The van der Waals surface area contributed by atoms with E-state index in [4.69, 9.17) is 16.5 Å². The molecule has 1 N–H and O–H groups in total. The van der Waals surface area contributed by atoms with E-state index in [9.17, 15) is 4.79 Å². The molecule has 0 bridgehead atoms. The van der Waals surface area contributed by atoms with Crippen LogP contribution in [0.1, 0.15) is 43.8 Å². The van der Waals surface area contributed by atoms with Gasteiger partial charge in [-0.05, 0) is 31.7 Å². The van der Waals surface area contributed by atoms with Crippen LogP contribution in [0, 0.1) is 18.4 Å². The highest BCUT2D eigenvalue weighted by Crippen LogP contribution is 2.50. The first-order valence-corrected chi connectivity index (χ1v) is 11.0. The fourth-order valence-electron chi connectivity index (χ4n) is 5.54. The molecule has 3 atom stereocenters. The van der Waals surface area contributed by atoms with E-state index in [1.54, 1.807) is 0 Å². The van der Waals surface area contributed by atoms with E-state index < -0.39 is 5.41 Å². The molecule has 0 amide bonds. The molecular formula is C26H26N4O. The van der Waals surface area contributed by atoms with Crippen molar-refractivity contribution < 1.29 is 4.79 Å². The summed E-state index contributed by atoms with van der Waals surface area (Å²) in [5.41, 5.74) is 5.12. The summed E-state index contributed by atoms with van der Waals surface area (Å²) < 4.78 is 0. The van der Waals surface area contributed by atoms with Crippen LogP contribution in [0.5, 0.6) is 0 Å². The molecule has 0 spiro atoms. The van der Waals surface area contributed by atoms with Crippen molar-refractivity contribution in [2.45, 2.75) is 38.5 Å². The number of benzene rings is 1. The lowest BCUT2D eigenvalue weighted by atomic mass is 9.58. The Kier molecular flexibility index (Phi) is 4.83. The molecule has 1 aromatic carbocycles. The Hall–Kier alpha value is -3.10. The van der Waals surface area contributed by atoms with Gasteiger partial charge in [0.25, 0.3) is 0 Å². The molecule has 2 aromatic rings. The van der Waals surface area contributed by atoms with Crippen molar-refractivity contribution in [3.05, 3.63) is 76.7 Å². The molecule has 0 unspecified atom stereocenters. The Balaban J connectivity index is 1.78. The van der Waals surface area contributed by atoms with Gasteiger partial charge in [0.05, 0.1) is 18.0 Å². The van der Waals surface area contributed by atoms with E-state index in [2.05, 4.69) is 35.3 Å². The number of hydrogen-bond donors (Lipinski definition) is 1. The van der Waals surface area contributed by atoms with Gasteiger partial charge in [-0.15, -0.1) is 0 Å². The number of allylic oxidation sites excluding steroid dienone is 2. The lowest BCUT2D eigenvalue weighted by Crippen LogP contribution is -2.46. The Bertz CT molecular complexity index is 1160. The molecule has 2 aliphatic carbocycles. The highest BCUT2D eigenvalue weighted by molar-refractivity contribution is 6.00. The maximum absolute atomic E-state index is 12.7. The van der Waals surface area contributed by atoms with E-state index in [-0.39, 0.29) is 23.3 Å². The van der Waals surface area contributed by atoms with Gasteiger partial charge >= 0.3 is 0 Å². The van der Waals surface area contributed by atoms with Crippen molar-refractivity contribution in [3.63, 3.8) is 0 Å². The number of carbonyl (C=O) groups excluding carboxylic acids is 1. The number of carbonyl (C=O) groups is 1. The molecule has 31 heavy (non-hydrogen) atoms. The highest BCUT2D eigenvalue weighted by Gasteiger charge is 2.49. The number of hydrogen-bond acceptors (Lipinski definition) is 4. The first kappa shape index (κ1) is 19.8. The summed E-state index contributed by atoms with van der Waals surface area (Å²) in [5, 5.41) is 3.42. The SMILES string of the molecule is [C-]#[N+]C1=C[C@@]2(C)c3nc(C4=CCCNC4)nc(-c4ccccc4)c3CC[C@@H]2[C@@H](C)C1=O. The fourth-order valence-corrected chi connectivity index (χ4v) is 5.54. The van der Waals surface area contributed by atoms with Gasteiger partial charge in [0.15, 0.2) is 11.6 Å². The summed E-state index contributed by atoms with van der Waals surface area (Å²) in [5.74, 6) is 0.691. The average molecular weight is 411 g/mol. The predicted octanol–water partition coefficient (Wildman–Crippen LogP) is 4.36. The van der Waals surface area contributed by atoms with Crippen molar-refractivity contribution >= 4 is 11.4 Å². The normalized spacial score (nSPS) is 27.5. The number of nitrogens with zero attached hydrogens (tertiary/aromatic N) is 3. The summed E-state index contributed by atoms with van der Waals surface area (Å²) in [6, 6.07) is 10.3. The van der Waals surface area contributed by atoms with E-state index in [1.807, 2.05) is 31.2 Å². The second-order valence-electron chi connectivity index (χ2n) is 9.01. The number of fused-ring (bicyclic) bond motifs is 3. The Morgan fingerprint density at radius 2 is 2.03 bits per heavy atom. The molecular weight excluding hydrogens is 384 g/mol. The minimum absolute atomic E-state index is 0.0299. The first-order valence-electron chi connectivity index (χ1n) is 11.0. The van der Waals surface area contributed by atoms with Gasteiger partial charge in [-0.1, -0.05) is 56.3 Å². The van der Waals surface area contributed by atoms with Crippen molar-refractivity contribution in [1.82, 2.24) is 15.3 Å². The average Bonchev–Trinajstić information content (AvgIpc) is 2.82. The summed E-state index contributed by atoms with van der Waals surface area (Å²) in [7, 11) is 0. The summed E-state index contributed by atoms with van der Waals surface area (Å²) in [6.45, 7) is 13.4. The molecule has 5 rings (SSSR count). The minimum atomic E-state index is -0.454. The Morgan fingerprint density at radius 1 is 1.23 bits per heavy atom.